The number of esters is 1. The Balaban J connectivity index is 3.22. The summed E-state index contributed by atoms with van der Waals surface area (Å²) in [5.41, 5.74) is 0.538. The Labute approximate surface area is 84.2 Å². The largest absolute Gasteiger partial charge is 0.465 e. The highest BCUT2D eigenvalue weighted by Gasteiger charge is 2.19. The monoisotopic (exact) mass is 280 g/mol. The van der Waals surface area contributed by atoms with Crippen LogP contribution in [0.2, 0.25) is 0 Å². The molecule has 0 aliphatic heterocycles. The van der Waals surface area contributed by atoms with E-state index in [-0.39, 0.29) is 5.97 Å². The predicted octanol–water partition coefficient (Wildman–Crippen LogP) is 2.29. The summed E-state index contributed by atoms with van der Waals surface area (Å²) >= 11 is 2.07. The maximum Gasteiger partial charge on any atom is 0.342 e. The number of rotatable bonds is 1. The lowest BCUT2D eigenvalue weighted by atomic mass is 10.2. The molecule has 3 nitrogen and oxygen atoms in total. The molecule has 0 atom stereocenters. The van der Waals surface area contributed by atoms with Gasteiger partial charge in [0.25, 0.3) is 0 Å². The zero-order valence-corrected chi connectivity index (χ0v) is 9.26. The lowest BCUT2D eigenvalue weighted by Gasteiger charge is -1.95. The summed E-state index contributed by atoms with van der Waals surface area (Å²) in [6, 6.07) is 0. The van der Waals surface area contributed by atoms with Crippen LogP contribution in [0.3, 0.4) is 0 Å². The van der Waals surface area contributed by atoms with Crippen LogP contribution in [0.5, 0.6) is 0 Å². The van der Waals surface area contributed by atoms with Crippen LogP contribution in [-0.2, 0) is 4.74 Å². The van der Waals surface area contributed by atoms with Crippen LogP contribution in [0.25, 0.3) is 0 Å². The van der Waals surface area contributed by atoms with E-state index in [2.05, 4.69) is 27.3 Å². The van der Waals surface area contributed by atoms with Crippen LogP contribution in [-0.4, -0.2) is 13.1 Å². The number of hydrogen-bond acceptors (Lipinski definition) is 3. The first kappa shape index (κ1) is 9.57. The van der Waals surface area contributed by atoms with E-state index >= 15 is 0 Å². The van der Waals surface area contributed by atoms with Crippen molar-refractivity contribution >= 4 is 28.6 Å². The molecule has 1 heterocycles. The van der Waals surface area contributed by atoms with Crippen molar-refractivity contribution in [2.24, 2.45) is 0 Å². The summed E-state index contributed by atoms with van der Waals surface area (Å²) in [7, 11) is 1.36. The highest BCUT2D eigenvalue weighted by molar-refractivity contribution is 14.1. The minimum Gasteiger partial charge on any atom is -0.465 e. The molecule has 0 saturated carbocycles. The molecule has 0 unspecified atom stereocenters. The average Bonchev–Trinajstić information content (AvgIpc) is 2.26. The fourth-order valence-electron chi connectivity index (χ4n) is 0.991. The van der Waals surface area contributed by atoms with Crippen molar-refractivity contribution in [2.75, 3.05) is 7.11 Å². The molecule has 4 heteroatoms. The summed E-state index contributed by atoms with van der Waals surface area (Å²) in [5, 5.41) is 0. The van der Waals surface area contributed by atoms with E-state index in [9.17, 15) is 4.79 Å². The maximum atomic E-state index is 11.2. The van der Waals surface area contributed by atoms with E-state index in [0.29, 0.717) is 11.3 Å². The number of aryl methyl sites for hydroxylation is 2. The van der Waals surface area contributed by atoms with Crippen molar-refractivity contribution in [3.63, 3.8) is 0 Å². The van der Waals surface area contributed by atoms with E-state index < -0.39 is 0 Å². The molecule has 0 spiro atoms. The van der Waals surface area contributed by atoms with Crippen molar-refractivity contribution in [1.29, 1.82) is 0 Å². The van der Waals surface area contributed by atoms with E-state index in [0.717, 1.165) is 9.33 Å². The minimum atomic E-state index is -0.339. The molecule has 0 saturated heterocycles. The van der Waals surface area contributed by atoms with Crippen molar-refractivity contribution in [3.8, 4) is 0 Å². The molecule has 0 amide bonds. The standard InChI is InChI=1S/C8H9IO3/c1-4-6(8(10)11-3)7(9)5(2)12-4/h1-3H3. The van der Waals surface area contributed by atoms with Gasteiger partial charge in [-0.2, -0.15) is 0 Å². The highest BCUT2D eigenvalue weighted by atomic mass is 127. The Bertz CT molecular complexity index is 314. The third-order valence-electron chi connectivity index (χ3n) is 1.58. The summed E-state index contributed by atoms with van der Waals surface area (Å²) < 4.78 is 10.7. The highest BCUT2D eigenvalue weighted by Crippen LogP contribution is 2.23. The van der Waals surface area contributed by atoms with E-state index in [4.69, 9.17) is 4.42 Å². The van der Waals surface area contributed by atoms with Crippen LogP contribution in [0, 0.1) is 17.4 Å². The predicted molar refractivity (Wildman–Crippen MR) is 52.2 cm³/mol. The van der Waals surface area contributed by atoms with Crippen molar-refractivity contribution in [2.45, 2.75) is 13.8 Å². The molecule has 0 aromatic carbocycles. The van der Waals surface area contributed by atoms with Crippen LogP contribution < -0.4 is 0 Å². The number of ether oxygens (including phenoxy) is 1. The first-order valence-corrected chi connectivity index (χ1v) is 4.49. The van der Waals surface area contributed by atoms with Gasteiger partial charge in [0.15, 0.2) is 0 Å². The number of furan rings is 1. The molecule has 66 valence electrons. The van der Waals surface area contributed by atoms with Gasteiger partial charge >= 0.3 is 5.97 Å². The summed E-state index contributed by atoms with van der Waals surface area (Å²) in [6.07, 6.45) is 0. The summed E-state index contributed by atoms with van der Waals surface area (Å²) in [6.45, 7) is 3.57. The summed E-state index contributed by atoms with van der Waals surface area (Å²) in [5.74, 6) is 1.03. The lowest BCUT2D eigenvalue weighted by molar-refractivity contribution is 0.0597. The molecular formula is C8H9IO3. The average molecular weight is 280 g/mol. The molecule has 0 aliphatic rings. The minimum absolute atomic E-state index is 0.339. The van der Waals surface area contributed by atoms with Crippen LogP contribution in [0.1, 0.15) is 21.9 Å². The molecule has 0 radical (unpaired) electrons. The quantitative estimate of drug-likeness (QED) is 0.585. The molecule has 1 rings (SSSR count). The lowest BCUT2D eigenvalue weighted by Crippen LogP contribution is -2.03. The van der Waals surface area contributed by atoms with Crippen molar-refractivity contribution in [1.82, 2.24) is 0 Å². The fourth-order valence-corrected chi connectivity index (χ4v) is 1.70. The maximum absolute atomic E-state index is 11.2. The molecule has 0 fully saturated rings. The Kier molecular flexibility index (Phi) is 2.76. The number of carbonyl (C=O) groups excluding carboxylic acids is 1. The van der Waals surface area contributed by atoms with Gasteiger partial charge in [0, 0.05) is 0 Å². The Morgan fingerprint density at radius 3 is 2.33 bits per heavy atom. The van der Waals surface area contributed by atoms with Gasteiger partial charge in [-0.15, -0.1) is 0 Å². The molecule has 0 aliphatic carbocycles. The molecular weight excluding hydrogens is 271 g/mol. The third-order valence-corrected chi connectivity index (χ3v) is 2.88. The third kappa shape index (κ3) is 1.48. The van der Waals surface area contributed by atoms with Gasteiger partial charge in [0.2, 0.25) is 0 Å². The van der Waals surface area contributed by atoms with Crippen LogP contribution >= 0.6 is 22.6 Å². The zero-order valence-electron chi connectivity index (χ0n) is 7.10. The topological polar surface area (TPSA) is 39.4 Å². The SMILES string of the molecule is COC(=O)c1c(C)oc(C)c1I. The van der Waals surface area contributed by atoms with E-state index in [1.807, 2.05) is 6.92 Å². The second-order valence-electron chi connectivity index (χ2n) is 2.39. The number of carbonyl (C=O) groups is 1. The first-order valence-electron chi connectivity index (χ1n) is 3.41. The molecule has 12 heavy (non-hydrogen) atoms. The van der Waals surface area contributed by atoms with Gasteiger partial charge in [0.1, 0.15) is 17.1 Å². The number of halogens is 1. The van der Waals surface area contributed by atoms with Gasteiger partial charge in [-0.05, 0) is 36.4 Å². The smallest absolute Gasteiger partial charge is 0.342 e. The van der Waals surface area contributed by atoms with Gasteiger partial charge in [-0.1, -0.05) is 0 Å². The van der Waals surface area contributed by atoms with Crippen molar-refractivity contribution in [3.05, 3.63) is 20.7 Å². The normalized spacial score (nSPS) is 10.0. The Morgan fingerprint density at radius 1 is 1.42 bits per heavy atom. The molecule has 0 N–H and O–H groups in total. The summed E-state index contributed by atoms with van der Waals surface area (Å²) in [4.78, 5) is 11.2. The van der Waals surface area contributed by atoms with Gasteiger partial charge in [-0.3, -0.25) is 0 Å². The first-order chi connectivity index (χ1) is 5.57. The zero-order chi connectivity index (χ0) is 9.30. The van der Waals surface area contributed by atoms with E-state index in [1.54, 1.807) is 6.92 Å². The second kappa shape index (κ2) is 3.47. The number of hydrogen-bond donors (Lipinski definition) is 0. The van der Waals surface area contributed by atoms with Crippen LogP contribution in [0.4, 0.5) is 0 Å². The van der Waals surface area contributed by atoms with Gasteiger partial charge in [0.05, 0.1) is 10.7 Å². The van der Waals surface area contributed by atoms with E-state index in [1.165, 1.54) is 7.11 Å². The Morgan fingerprint density at radius 2 is 2.00 bits per heavy atom. The molecule has 1 aromatic heterocycles. The fraction of sp³-hybridized carbons (Fsp3) is 0.375. The van der Waals surface area contributed by atoms with Gasteiger partial charge < -0.3 is 9.15 Å². The van der Waals surface area contributed by atoms with Crippen LogP contribution in [0.15, 0.2) is 4.42 Å². The van der Waals surface area contributed by atoms with Gasteiger partial charge in [-0.25, -0.2) is 4.79 Å². The number of methoxy groups -OCH3 is 1. The molecule has 0 bridgehead atoms. The Hall–Kier alpha value is -0.520. The van der Waals surface area contributed by atoms with Crippen molar-refractivity contribution < 1.29 is 13.9 Å². The molecule has 1 aromatic rings. The second-order valence-corrected chi connectivity index (χ2v) is 3.47.